The van der Waals surface area contributed by atoms with Crippen molar-refractivity contribution in [2.45, 2.75) is 11.4 Å². The minimum absolute atomic E-state index is 0.0954. The lowest BCUT2D eigenvalue weighted by atomic mass is 10.3. The average Bonchev–Trinajstić information content (AvgIpc) is 3.00. The number of carbonyl (C=O) groups is 1. The smallest absolute Gasteiger partial charge is 0.244 e. The van der Waals surface area contributed by atoms with Crippen LogP contribution in [-0.2, 0) is 21.4 Å². The number of carbonyl (C=O) groups excluding carboxylic acids is 1. The molecule has 0 aliphatic carbocycles. The van der Waals surface area contributed by atoms with Crippen molar-refractivity contribution in [2.75, 3.05) is 26.2 Å². The van der Waals surface area contributed by atoms with Gasteiger partial charge in [-0.05, 0) is 12.1 Å². The molecule has 128 valence electrons. The first-order chi connectivity index (χ1) is 11.5. The van der Waals surface area contributed by atoms with Gasteiger partial charge < -0.3 is 4.90 Å². The molecule has 1 aromatic carbocycles. The Bertz CT molecular complexity index is 814. The van der Waals surface area contributed by atoms with Crippen LogP contribution in [0.15, 0.2) is 47.6 Å². The highest BCUT2D eigenvalue weighted by Gasteiger charge is 2.29. The Morgan fingerprint density at radius 2 is 1.79 bits per heavy atom. The first-order valence-corrected chi connectivity index (χ1v) is 9.29. The van der Waals surface area contributed by atoms with Crippen LogP contribution in [0.5, 0.6) is 0 Å². The van der Waals surface area contributed by atoms with E-state index >= 15 is 0 Å². The summed E-state index contributed by atoms with van der Waals surface area (Å²) in [5.74, 6) is -0.105. The molecule has 0 spiro atoms. The lowest BCUT2D eigenvalue weighted by Crippen LogP contribution is -2.51. The van der Waals surface area contributed by atoms with Crippen molar-refractivity contribution < 1.29 is 13.2 Å². The molecule has 1 fully saturated rings. The van der Waals surface area contributed by atoms with Gasteiger partial charge in [-0.15, -0.1) is 0 Å². The zero-order valence-corrected chi connectivity index (χ0v) is 14.4. The van der Waals surface area contributed by atoms with Crippen LogP contribution in [0.3, 0.4) is 0 Å². The maximum absolute atomic E-state index is 12.6. The lowest BCUT2D eigenvalue weighted by molar-refractivity contribution is -0.133. The van der Waals surface area contributed by atoms with Crippen LogP contribution in [0, 0.1) is 0 Å². The molecule has 1 amide bonds. The van der Waals surface area contributed by atoms with Crippen LogP contribution >= 0.6 is 11.6 Å². The van der Waals surface area contributed by atoms with Gasteiger partial charge >= 0.3 is 0 Å². The van der Waals surface area contributed by atoms with Crippen LogP contribution in [0.4, 0.5) is 0 Å². The van der Waals surface area contributed by atoms with Crippen LogP contribution in [0.2, 0.25) is 5.02 Å². The molecule has 1 aliphatic heterocycles. The molecule has 0 N–H and O–H groups in total. The predicted octanol–water partition coefficient (Wildman–Crippen LogP) is 1.07. The zero-order chi connectivity index (χ0) is 17.2. The fraction of sp³-hybridized carbons (Fsp3) is 0.333. The number of aromatic nitrogens is 2. The molecular formula is C15H17ClN4O3S. The lowest BCUT2D eigenvalue weighted by Gasteiger charge is -2.34. The molecule has 3 rings (SSSR count). The summed E-state index contributed by atoms with van der Waals surface area (Å²) in [6, 6.07) is 8.32. The quantitative estimate of drug-likeness (QED) is 0.809. The number of rotatable bonds is 4. The van der Waals surface area contributed by atoms with Gasteiger partial charge in [0.15, 0.2) is 0 Å². The van der Waals surface area contributed by atoms with E-state index in [0.717, 1.165) is 0 Å². The Hall–Kier alpha value is -1.90. The molecule has 1 aromatic heterocycles. The molecule has 0 radical (unpaired) electrons. The van der Waals surface area contributed by atoms with Crippen LogP contribution in [0.25, 0.3) is 0 Å². The van der Waals surface area contributed by atoms with E-state index in [-0.39, 0.29) is 30.4 Å². The average molecular weight is 369 g/mol. The number of benzene rings is 1. The van der Waals surface area contributed by atoms with E-state index in [4.69, 9.17) is 11.6 Å². The molecule has 0 bridgehead atoms. The summed E-state index contributed by atoms with van der Waals surface area (Å²) in [7, 11) is -3.51. The highest BCUT2D eigenvalue weighted by Crippen LogP contribution is 2.17. The number of nitrogens with zero attached hydrogens (tertiary/aromatic N) is 4. The van der Waals surface area contributed by atoms with Gasteiger partial charge in [-0.1, -0.05) is 29.8 Å². The van der Waals surface area contributed by atoms with Crippen molar-refractivity contribution >= 4 is 27.5 Å². The SMILES string of the molecule is O=C(Cn1cc(Cl)cn1)N1CCN(S(=O)(=O)c2ccccc2)CC1. The van der Waals surface area contributed by atoms with E-state index in [0.29, 0.717) is 18.1 Å². The Balaban J connectivity index is 1.60. The van der Waals surface area contributed by atoms with Crippen molar-refractivity contribution in [1.29, 1.82) is 0 Å². The monoisotopic (exact) mass is 368 g/mol. The molecule has 2 heterocycles. The summed E-state index contributed by atoms with van der Waals surface area (Å²) in [5.41, 5.74) is 0. The fourth-order valence-electron chi connectivity index (χ4n) is 2.58. The molecule has 1 saturated heterocycles. The van der Waals surface area contributed by atoms with Gasteiger partial charge in [0.25, 0.3) is 0 Å². The third-order valence-corrected chi connectivity index (χ3v) is 5.98. The minimum atomic E-state index is -3.51. The Morgan fingerprint density at radius 3 is 2.38 bits per heavy atom. The summed E-state index contributed by atoms with van der Waals surface area (Å²) in [6.45, 7) is 1.38. The standard InChI is InChI=1S/C15H17ClN4O3S/c16-13-10-17-19(11-13)12-15(21)18-6-8-20(9-7-18)24(22,23)14-4-2-1-3-5-14/h1-5,10-11H,6-9,12H2. The van der Waals surface area contributed by atoms with Gasteiger partial charge in [-0.25, -0.2) is 8.42 Å². The third-order valence-electron chi connectivity index (χ3n) is 3.87. The van der Waals surface area contributed by atoms with Gasteiger partial charge in [-0.3, -0.25) is 9.48 Å². The number of sulfonamides is 1. The molecule has 9 heteroatoms. The second-order valence-electron chi connectivity index (χ2n) is 5.45. The van der Waals surface area contributed by atoms with Crippen molar-refractivity contribution in [3.63, 3.8) is 0 Å². The second kappa shape index (κ2) is 6.92. The fourth-order valence-corrected chi connectivity index (χ4v) is 4.18. The number of piperazine rings is 1. The first kappa shape index (κ1) is 16.9. The largest absolute Gasteiger partial charge is 0.338 e. The molecule has 0 atom stereocenters. The van der Waals surface area contributed by atoms with Crippen molar-refractivity contribution in [3.05, 3.63) is 47.7 Å². The summed E-state index contributed by atoms with van der Waals surface area (Å²) in [6.07, 6.45) is 3.05. The number of halogens is 1. The zero-order valence-electron chi connectivity index (χ0n) is 12.9. The second-order valence-corrected chi connectivity index (χ2v) is 7.83. The summed E-state index contributed by atoms with van der Waals surface area (Å²) in [5, 5.41) is 4.45. The van der Waals surface area contributed by atoms with Gasteiger partial charge in [-0.2, -0.15) is 9.40 Å². The Kier molecular flexibility index (Phi) is 4.88. The third kappa shape index (κ3) is 3.61. The number of hydrogen-bond acceptors (Lipinski definition) is 4. The van der Waals surface area contributed by atoms with Crippen molar-refractivity contribution in [2.24, 2.45) is 0 Å². The molecule has 1 aliphatic rings. The molecular weight excluding hydrogens is 352 g/mol. The summed E-state index contributed by atoms with van der Waals surface area (Å²) < 4.78 is 28.0. The molecule has 0 saturated carbocycles. The predicted molar refractivity (Wildman–Crippen MR) is 89.0 cm³/mol. The summed E-state index contributed by atoms with van der Waals surface area (Å²) >= 11 is 5.78. The van der Waals surface area contributed by atoms with Gasteiger partial charge in [0.05, 0.1) is 16.1 Å². The first-order valence-electron chi connectivity index (χ1n) is 7.48. The number of hydrogen-bond donors (Lipinski definition) is 0. The van der Waals surface area contributed by atoms with Crippen molar-refractivity contribution in [3.8, 4) is 0 Å². The molecule has 24 heavy (non-hydrogen) atoms. The highest BCUT2D eigenvalue weighted by atomic mass is 35.5. The van der Waals surface area contributed by atoms with E-state index in [2.05, 4.69) is 5.10 Å². The normalized spacial score (nSPS) is 16.3. The Morgan fingerprint density at radius 1 is 1.12 bits per heavy atom. The maximum atomic E-state index is 12.6. The van der Waals surface area contributed by atoms with E-state index in [1.807, 2.05) is 0 Å². The van der Waals surface area contributed by atoms with Gasteiger partial charge in [0.2, 0.25) is 15.9 Å². The minimum Gasteiger partial charge on any atom is -0.338 e. The van der Waals surface area contributed by atoms with Crippen LogP contribution in [0.1, 0.15) is 0 Å². The highest BCUT2D eigenvalue weighted by molar-refractivity contribution is 7.89. The topological polar surface area (TPSA) is 75.5 Å². The van der Waals surface area contributed by atoms with E-state index in [1.165, 1.54) is 15.2 Å². The number of amides is 1. The summed E-state index contributed by atoms with van der Waals surface area (Å²) in [4.78, 5) is 14.2. The van der Waals surface area contributed by atoms with E-state index in [1.54, 1.807) is 41.4 Å². The molecule has 7 nitrogen and oxygen atoms in total. The van der Waals surface area contributed by atoms with Gasteiger partial charge in [0.1, 0.15) is 6.54 Å². The Labute approximate surface area is 145 Å². The van der Waals surface area contributed by atoms with Crippen LogP contribution in [-0.4, -0.2) is 59.5 Å². The van der Waals surface area contributed by atoms with Crippen LogP contribution < -0.4 is 0 Å². The molecule has 0 unspecified atom stereocenters. The van der Waals surface area contributed by atoms with E-state index in [9.17, 15) is 13.2 Å². The maximum Gasteiger partial charge on any atom is 0.244 e. The molecule has 2 aromatic rings. The van der Waals surface area contributed by atoms with Crippen molar-refractivity contribution in [1.82, 2.24) is 19.0 Å². The van der Waals surface area contributed by atoms with Gasteiger partial charge in [0, 0.05) is 32.4 Å². The van der Waals surface area contributed by atoms with E-state index < -0.39 is 10.0 Å².